The van der Waals surface area contributed by atoms with Gasteiger partial charge in [-0.2, -0.15) is 0 Å². The molecule has 0 heterocycles. The molecular weight excluding hydrogens is 210 g/mol. The molecule has 2 nitrogen and oxygen atoms in total. The molecule has 1 rings (SSSR count). The molecule has 0 aliphatic heterocycles. The molecule has 0 spiro atoms. The Morgan fingerprint density at radius 2 is 1.94 bits per heavy atom. The van der Waals surface area contributed by atoms with E-state index in [2.05, 4.69) is 38.1 Å². The van der Waals surface area contributed by atoms with E-state index < -0.39 is 0 Å². The van der Waals surface area contributed by atoms with Crippen LogP contribution in [0, 0.1) is 5.92 Å². The third kappa shape index (κ3) is 5.73. The van der Waals surface area contributed by atoms with E-state index in [0.29, 0.717) is 5.92 Å². The Hall–Kier alpha value is -1.02. The molecule has 0 saturated carbocycles. The van der Waals surface area contributed by atoms with Crippen LogP contribution < -0.4 is 10.5 Å². The van der Waals surface area contributed by atoms with Crippen LogP contribution in [0.2, 0.25) is 0 Å². The van der Waals surface area contributed by atoms with E-state index in [9.17, 15) is 0 Å². The predicted molar refractivity (Wildman–Crippen MR) is 73.4 cm³/mol. The number of hydrogen-bond acceptors (Lipinski definition) is 2. The summed E-state index contributed by atoms with van der Waals surface area (Å²) in [6.45, 7) is 6.02. The number of nitrogens with two attached hydrogens (primary N) is 1. The molecule has 0 fully saturated rings. The topological polar surface area (TPSA) is 35.2 Å². The van der Waals surface area contributed by atoms with Crippen LogP contribution >= 0.6 is 0 Å². The normalized spacial score (nSPS) is 12.4. The van der Waals surface area contributed by atoms with E-state index in [0.717, 1.165) is 31.7 Å². The van der Waals surface area contributed by atoms with Crippen LogP contribution in [-0.2, 0) is 6.42 Å². The predicted octanol–water partition coefficient (Wildman–Crippen LogP) is 3.39. The molecule has 2 heteroatoms. The molecular formula is C15H25NO. The molecule has 0 unspecified atom stereocenters. The van der Waals surface area contributed by atoms with Crippen molar-refractivity contribution in [1.29, 1.82) is 0 Å². The van der Waals surface area contributed by atoms with Gasteiger partial charge in [0.15, 0.2) is 0 Å². The molecule has 0 amide bonds. The minimum Gasteiger partial charge on any atom is -0.493 e. The summed E-state index contributed by atoms with van der Waals surface area (Å²) in [5.41, 5.74) is 6.83. The smallest absolute Gasteiger partial charge is 0.119 e. The van der Waals surface area contributed by atoms with Crippen molar-refractivity contribution in [2.45, 2.75) is 39.5 Å². The third-order valence-corrected chi connectivity index (χ3v) is 2.91. The number of hydrogen-bond donors (Lipinski definition) is 1. The lowest BCUT2D eigenvalue weighted by atomic mass is 10.1. The van der Waals surface area contributed by atoms with E-state index in [4.69, 9.17) is 10.5 Å². The number of aryl methyl sites for hydroxylation is 1. The number of benzene rings is 1. The zero-order valence-corrected chi connectivity index (χ0v) is 11.1. The lowest BCUT2D eigenvalue weighted by Crippen LogP contribution is -2.08. The van der Waals surface area contributed by atoms with E-state index in [1.807, 2.05) is 0 Å². The monoisotopic (exact) mass is 235 g/mol. The molecule has 2 N–H and O–H groups in total. The Kier molecular flexibility index (Phi) is 6.71. The first-order valence-corrected chi connectivity index (χ1v) is 6.68. The van der Waals surface area contributed by atoms with Crippen LogP contribution in [0.25, 0.3) is 0 Å². The van der Waals surface area contributed by atoms with Crippen molar-refractivity contribution in [3.8, 4) is 5.75 Å². The second-order valence-electron chi connectivity index (χ2n) is 4.74. The average molecular weight is 235 g/mol. The van der Waals surface area contributed by atoms with Gasteiger partial charge in [-0.3, -0.25) is 0 Å². The Morgan fingerprint density at radius 1 is 1.24 bits per heavy atom. The lowest BCUT2D eigenvalue weighted by molar-refractivity contribution is 0.251. The quantitative estimate of drug-likeness (QED) is 0.749. The standard InChI is InChI=1S/C15H25NO/c1-3-5-13(2)12-17-15-9-7-14(8-10-15)6-4-11-16/h7-10,13H,3-6,11-12,16H2,1-2H3/t13-/m1/s1. The molecule has 96 valence electrons. The van der Waals surface area contributed by atoms with Crippen molar-refractivity contribution in [2.24, 2.45) is 11.7 Å². The van der Waals surface area contributed by atoms with Gasteiger partial charge in [0.2, 0.25) is 0 Å². The molecule has 0 radical (unpaired) electrons. The van der Waals surface area contributed by atoms with Crippen molar-refractivity contribution in [2.75, 3.05) is 13.2 Å². The fourth-order valence-corrected chi connectivity index (χ4v) is 1.87. The van der Waals surface area contributed by atoms with E-state index in [1.54, 1.807) is 0 Å². The molecule has 1 atom stereocenters. The molecule has 0 aliphatic carbocycles. The summed E-state index contributed by atoms with van der Waals surface area (Å²) < 4.78 is 5.76. The summed E-state index contributed by atoms with van der Waals surface area (Å²) in [4.78, 5) is 0. The van der Waals surface area contributed by atoms with Gasteiger partial charge in [0.05, 0.1) is 6.61 Å². The zero-order valence-electron chi connectivity index (χ0n) is 11.1. The third-order valence-electron chi connectivity index (χ3n) is 2.91. The number of rotatable bonds is 8. The Labute approximate surface area is 105 Å². The van der Waals surface area contributed by atoms with Crippen LogP contribution in [0.3, 0.4) is 0 Å². The fourth-order valence-electron chi connectivity index (χ4n) is 1.87. The zero-order chi connectivity index (χ0) is 12.5. The largest absolute Gasteiger partial charge is 0.493 e. The second-order valence-corrected chi connectivity index (χ2v) is 4.74. The van der Waals surface area contributed by atoms with Crippen molar-refractivity contribution < 1.29 is 4.74 Å². The minimum absolute atomic E-state index is 0.636. The maximum Gasteiger partial charge on any atom is 0.119 e. The highest BCUT2D eigenvalue weighted by Crippen LogP contribution is 2.15. The first kappa shape index (κ1) is 14.0. The van der Waals surface area contributed by atoms with Crippen molar-refractivity contribution in [3.05, 3.63) is 29.8 Å². The molecule has 1 aromatic rings. The minimum atomic E-state index is 0.636. The summed E-state index contributed by atoms with van der Waals surface area (Å²) in [5, 5.41) is 0. The summed E-state index contributed by atoms with van der Waals surface area (Å²) in [6, 6.07) is 8.39. The van der Waals surface area contributed by atoms with Gasteiger partial charge >= 0.3 is 0 Å². The SMILES string of the molecule is CCC[C@@H](C)COc1ccc(CCCN)cc1. The second kappa shape index (κ2) is 8.13. The maximum absolute atomic E-state index is 5.76. The maximum atomic E-state index is 5.76. The van der Waals surface area contributed by atoms with Gasteiger partial charge < -0.3 is 10.5 Å². The molecule has 0 saturated heterocycles. The van der Waals surface area contributed by atoms with Gasteiger partial charge in [0, 0.05) is 0 Å². The Morgan fingerprint density at radius 3 is 2.53 bits per heavy atom. The summed E-state index contributed by atoms with van der Waals surface area (Å²) in [5.74, 6) is 1.61. The highest BCUT2D eigenvalue weighted by molar-refractivity contribution is 5.27. The van der Waals surface area contributed by atoms with Gasteiger partial charge in [-0.15, -0.1) is 0 Å². The van der Waals surface area contributed by atoms with Crippen molar-refractivity contribution in [3.63, 3.8) is 0 Å². The van der Waals surface area contributed by atoms with E-state index in [-0.39, 0.29) is 0 Å². The molecule has 1 aromatic carbocycles. The van der Waals surface area contributed by atoms with Gasteiger partial charge in [-0.1, -0.05) is 32.4 Å². The van der Waals surface area contributed by atoms with Gasteiger partial charge in [0.25, 0.3) is 0 Å². The molecule has 17 heavy (non-hydrogen) atoms. The molecule has 0 aromatic heterocycles. The van der Waals surface area contributed by atoms with Crippen LogP contribution in [-0.4, -0.2) is 13.2 Å². The van der Waals surface area contributed by atoms with Crippen LogP contribution in [0.4, 0.5) is 0 Å². The van der Waals surface area contributed by atoms with Crippen LogP contribution in [0.15, 0.2) is 24.3 Å². The Balaban J connectivity index is 2.34. The van der Waals surface area contributed by atoms with Crippen molar-refractivity contribution >= 4 is 0 Å². The summed E-state index contributed by atoms with van der Waals surface area (Å²) >= 11 is 0. The first-order valence-electron chi connectivity index (χ1n) is 6.68. The van der Waals surface area contributed by atoms with Crippen LogP contribution in [0.5, 0.6) is 5.75 Å². The summed E-state index contributed by atoms with van der Waals surface area (Å²) in [7, 11) is 0. The van der Waals surface area contributed by atoms with Gasteiger partial charge in [-0.05, 0) is 49.4 Å². The van der Waals surface area contributed by atoms with Gasteiger partial charge in [0.1, 0.15) is 5.75 Å². The molecule has 0 bridgehead atoms. The van der Waals surface area contributed by atoms with Gasteiger partial charge in [-0.25, -0.2) is 0 Å². The summed E-state index contributed by atoms with van der Waals surface area (Å²) in [6.07, 6.45) is 4.56. The van der Waals surface area contributed by atoms with E-state index >= 15 is 0 Å². The van der Waals surface area contributed by atoms with Crippen LogP contribution in [0.1, 0.15) is 38.7 Å². The highest BCUT2D eigenvalue weighted by Gasteiger charge is 2.02. The highest BCUT2D eigenvalue weighted by atomic mass is 16.5. The fraction of sp³-hybridized carbons (Fsp3) is 0.600. The molecule has 0 aliphatic rings. The van der Waals surface area contributed by atoms with E-state index in [1.165, 1.54) is 18.4 Å². The van der Waals surface area contributed by atoms with Crippen molar-refractivity contribution in [1.82, 2.24) is 0 Å². The average Bonchev–Trinajstić information content (AvgIpc) is 2.35. The number of ether oxygens (including phenoxy) is 1. The Bertz CT molecular complexity index is 294. The first-order chi connectivity index (χ1) is 8.26. The lowest BCUT2D eigenvalue weighted by Gasteiger charge is -2.12.